The van der Waals surface area contributed by atoms with Gasteiger partial charge in [-0.15, -0.1) is 0 Å². The number of hydrogen-bond donors (Lipinski definition) is 1. The number of halogens is 3. The number of nitrogens with two attached hydrogens (primary N) is 1. The van der Waals surface area contributed by atoms with Gasteiger partial charge in [-0.25, -0.2) is 0 Å². The van der Waals surface area contributed by atoms with Crippen LogP contribution in [-0.4, -0.2) is 12.4 Å². The summed E-state index contributed by atoms with van der Waals surface area (Å²) in [5.41, 5.74) is 1.03. The highest BCUT2D eigenvalue weighted by molar-refractivity contribution is 5.98. The minimum absolute atomic E-state index is 0.516. The van der Waals surface area contributed by atoms with E-state index in [0.29, 0.717) is 24.5 Å². The molecule has 0 fully saturated rings. The fourth-order valence-corrected chi connectivity index (χ4v) is 2.54. The predicted octanol–water partition coefficient (Wildman–Crippen LogP) is 4.83. The van der Waals surface area contributed by atoms with Gasteiger partial charge >= 0.3 is 6.18 Å². The van der Waals surface area contributed by atoms with Crippen molar-refractivity contribution in [3.05, 3.63) is 65.7 Å². The number of nitrogens with zero attached hydrogens (tertiary/aromatic N) is 2. The van der Waals surface area contributed by atoms with Crippen LogP contribution in [0.1, 0.15) is 30.9 Å². The summed E-state index contributed by atoms with van der Waals surface area (Å²) in [4.78, 5) is 1.89. The molecular weight excluding hydrogens is 327 g/mol. The van der Waals surface area contributed by atoms with E-state index >= 15 is 0 Å². The van der Waals surface area contributed by atoms with Crippen LogP contribution in [0.2, 0.25) is 0 Å². The summed E-state index contributed by atoms with van der Waals surface area (Å²) < 4.78 is 38.3. The molecule has 0 radical (unpaired) electrons. The number of amidine groups is 1. The third-order valence-corrected chi connectivity index (χ3v) is 3.91. The molecule has 0 atom stereocenters. The average Bonchev–Trinajstić information content (AvgIpc) is 2.61. The highest BCUT2D eigenvalue weighted by atomic mass is 19.4. The van der Waals surface area contributed by atoms with Crippen molar-refractivity contribution >= 4 is 11.5 Å². The Morgan fingerprint density at radius 2 is 1.68 bits per heavy atom. The van der Waals surface area contributed by atoms with Crippen LogP contribution in [0.3, 0.4) is 0 Å². The summed E-state index contributed by atoms with van der Waals surface area (Å²) in [5, 5.41) is 3.90. The van der Waals surface area contributed by atoms with Crippen molar-refractivity contribution in [3.63, 3.8) is 0 Å². The lowest BCUT2D eigenvalue weighted by Gasteiger charge is -2.26. The van der Waals surface area contributed by atoms with Gasteiger partial charge < -0.3 is 10.7 Å². The summed E-state index contributed by atoms with van der Waals surface area (Å²) in [6.45, 7) is 2.70. The molecule has 2 aromatic rings. The standard InChI is InChI=1S/C19H22F3N3/c1-2-3-13-25(17-11-9-16(10-12-17)19(20,21)22)18(24-23)14-15-7-5-4-6-8-15/h4-12H,2-3,13-14,23H2,1H3. The smallest absolute Gasteiger partial charge is 0.328 e. The first-order valence-electron chi connectivity index (χ1n) is 8.21. The van der Waals surface area contributed by atoms with Crippen molar-refractivity contribution in [2.75, 3.05) is 11.4 Å². The second-order valence-corrected chi connectivity index (χ2v) is 5.76. The molecule has 0 aliphatic carbocycles. The molecule has 2 rings (SSSR count). The van der Waals surface area contributed by atoms with Crippen LogP contribution in [0.15, 0.2) is 59.7 Å². The highest BCUT2D eigenvalue weighted by Gasteiger charge is 2.30. The number of hydrazone groups is 1. The minimum Gasteiger partial charge on any atom is -0.328 e. The van der Waals surface area contributed by atoms with Crippen molar-refractivity contribution in [1.82, 2.24) is 0 Å². The van der Waals surface area contributed by atoms with Crippen LogP contribution in [-0.2, 0) is 12.6 Å². The van der Waals surface area contributed by atoms with Crippen molar-refractivity contribution in [1.29, 1.82) is 0 Å². The summed E-state index contributed by atoms with van der Waals surface area (Å²) in [7, 11) is 0. The van der Waals surface area contributed by atoms with Crippen molar-refractivity contribution in [2.24, 2.45) is 10.9 Å². The van der Waals surface area contributed by atoms with E-state index in [4.69, 9.17) is 5.84 Å². The van der Waals surface area contributed by atoms with Crippen LogP contribution < -0.4 is 10.7 Å². The summed E-state index contributed by atoms with van der Waals surface area (Å²) in [6, 6.07) is 14.8. The molecule has 0 bridgehead atoms. The number of rotatable bonds is 6. The quantitative estimate of drug-likeness (QED) is 0.351. The Hall–Kier alpha value is -2.50. The maximum Gasteiger partial charge on any atom is 0.416 e. The summed E-state index contributed by atoms with van der Waals surface area (Å²) in [6.07, 6.45) is -1.99. The topological polar surface area (TPSA) is 41.6 Å². The number of alkyl halides is 3. The van der Waals surface area contributed by atoms with Gasteiger partial charge in [0, 0.05) is 18.7 Å². The summed E-state index contributed by atoms with van der Waals surface area (Å²) in [5.74, 6) is 6.22. The zero-order valence-electron chi connectivity index (χ0n) is 14.1. The van der Waals surface area contributed by atoms with E-state index in [0.717, 1.165) is 30.5 Å². The van der Waals surface area contributed by atoms with Gasteiger partial charge in [0.25, 0.3) is 0 Å². The van der Waals surface area contributed by atoms with Gasteiger partial charge in [0.05, 0.1) is 5.56 Å². The maximum absolute atomic E-state index is 12.8. The molecule has 2 N–H and O–H groups in total. The normalized spacial score (nSPS) is 12.2. The fraction of sp³-hybridized carbons (Fsp3) is 0.316. The molecule has 0 heterocycles. The molecule has 25 heavy (non-hydrogen) atoms. The van der Waals surface area contributed by atoms with Gasteiger partial charge in [0.1, 0.15) is 5.84 Å². The van der Waals surface area contributed by atoms with Crippen molar-refractivity contribution in [3.8, 4) is 0 Å². The molecule has 0 aromatic heterocycles. The second-order valence-electron chi connectivity index (χ2n) is 5.76. The predicted molar refractivity (Wildman–Crippen MR) is 95.5 cm³/mol. The molecule has 2 aromatic carbocycles. The Kier molecular flexibility index (Phi) is 6.44. The molecule has 0 aliphatic rings. The molecular formula is C19H22F3N3. The van der Waals surface area contributed by atoms with E-state index in [9.17, 15) is 13.2 Å². The van der Waals surface area contributed by atoms with E-state index in [-0.39, 0.29) is 0 Å². The molecule has 0 aliphatic heterocycles. The molecule has 0 spiro atoms. The van der Waals surface area contributed by atoms with Gasteiger partial charge in [-0.1, -0.05) is 43.7 Å². The lowest BCUT2D eigenvalue weighted by atomic mass is 10.1. The Bertz CT molecular complexity index is 679. The first kappa shape index (κ1) is 18.8. The Balaban J connectivity index is 2.27. The third kappa shape index (κ3) is 5.24. The fourth-order valence-electron chi connectivity index (χ4n) is 2.54. The largest absolute Gasteiger partial charge is 0.416 e. The number of benzene rings is 2. The van der Waals surface area contributed by atoms with E-state index in [1.54, 1.807) is 0 Å². The van der Waals surface area contributed by atoms with Gasteiger partial charge in [0.2, 0.25) is 0 Å². The van der Waals surface area contributed by atoms with E-state index < -0.39 is 11.7 Å². The van der Waals surface area contributed by atoms with Crippen LogP contribution >= 0.6 is 0 Å². The average molecular weight is 349 g/mol. The highest BCUT2D eigenvalue weighted by Crippen LogP contribution is 2.30. The van der Waals surface area contributed by atoms with Crippen LogP contribution in [0.25, 0.3) is 0 Å². The monoisotopic (exact) mass is 349 g/mol. The second kappa shape index (κ2) is 8.55. The molecule has 134 valence electrons. The lowest BCUT2D eigenvalue weighted by Crippen LogP contribution is -2.34. The molecule has 6 heteroatoms. The Morgan fingerprint density at radius 1 is 1.04 bits per heavy atom. The van der Waals surface area contributed by atoms with Crippen molar-refractivity contribution in [2.45, 2.75) is 32.4 Å². The SMILES string of the molecule is CCCCN(C(Cc1ccccc1)=NN)c1ccc(C(F)(F)F)cc1. The zero-order chi connectivity index (χ0) is 18.3. The van der Waals surface area contributed by atoms with Gasteiger partial charge in [0.15, 0.2) is 0 Å². The molecule has 0 saturated carbocycles. The molecule has 0 unspecified atom stereocenters. The molecule has 0 saturated heterocycles. The van der Waals surface area contributed by atoms with Crippen LogP contribution in [0.4, 0.5) is 18.9 Å². The van der Waals surface area contributed by atoms with Gasteiger partial charge in [-0.3, -0.25) is 0 Å². The molecule has 0 amide bonds. The van der Waals surface area contributed by atoms with E-state index in [2.05, 4.69) is 12.0 Å². The lowest BCUT2D eigenvalue weighted by molar-refractivity contribution is -0.137. The zero-order valence-corrected chi connectivity index (χ0v) is 14.1. The number of unbranched alkanes of at least 4 members (excludes halogenated alkanes) is 1. The van der Waals surface area contributed by atoms with E-state index in [1.165, 1.54) is 12.1 Å². The number of anilines is 1. The maximum atomic E-state index is 12.8. The minimum atomic E-state index is -4.35. The molecule has 3 nitrogen and oxygen atoms in total. The Labute approximate surface area is 146 Å². The third-order valence-electron chi connectivity index (χ3n) is 3.91. The van der Waals surface area contributed by atoms with Gasteiger partial charge in [-0.05, 0) is 36.2 Å². The summed E-state index contributed by atoms with van der Waals surface area (Å²) >= 11 is 0. The van der Waals surface area contributed by atoms with Crippen LogP contribution in [0, 0.1) is 0 Å². The first-order valence-corrected chi connectivity index (χ1v) is 8.21. The Morgan fingerprint density at radius 3 is 2.20 bits per heavy atom. The first-order chi connectivity index (χ1) is 12.0. The van der Waals surface area contributed by atoms with Gasteiger partial charge in [-0.2, -0.15) is 18.3 Å². The number of hydrogen-bond acceptors (Lipinski definition) is 2. The van der Waals surface area contributed by atoms with E-state index in [1.807, 2.05) is 35.2 Å². The van der Waals surface area contributed by atoms with Crippen molar-refractivity contribution < 1.29 is 13.2 Å². The van der Waals surface area contributed by atoms with Crippen LogP contribution in [0.5, 0.6) is 0 Å².